The molecular weight excluding hydrogens is 444 g/mol. The van der Waals surface area contributed by atoms with E-state index in [4.69, 9.17) is 17.3 Å². The topological polar surface area (TPSA) is 121 Å². The van der Waals surface area contributed by atoms with Crippen molar-refractivity contribution in [3.05, 3.63) is 46.6 Å². The van der Waals surface area contributed by atoms with Gasteiger partial charge in [0.25, 0.3) is 11.8 Å². The normalized spacial score (nSPS) is 15.6. The molecule has 2 heterocycles. The number of piperidine rings is 1. The Kier molecular flexibility index (Phi) is 7.75. The maximum Gasteiger partial charge on any atom is 0.254 e. The van der Waals surface area contributed by atoms with Gasteiger partial charge in [-0.3, -0.25) is 14.4 Å². The standard InChI is InChI=1S/C23H29ClN6O3/c1-14(31)30-8-4-5-15(13-30)11-26-20-10-21(27-12-18(20)22(25)32)28-16-6-7-17(19(24)9-16)23(33)29(2)3/h6-7,9-10,12,15H,4-5,8,11,13H2,1-3H3,(H2,25,32)(H2,26,27,28)/t15-/m1/s1. The third-order valence-electron chi connectivity index (χ3n) is 5.59. The summed E-state index contributed by atoms with van der Waals surface area (Å²) >= 11 is 6.29. The molecule has 10 heteroatoms. The quantitative estimate of drug-likeness (QED) is 0.569. The second-order valence-corrected chi connectivity index (χ2v) is 8.76. The lowest BCUT2D eigenvalue weighted by Crippen LogP contribution is -2.40. The van der Waals surface area contributed by atoms with Crippen molar-refractivity contribution in [3.63, 3.8) is 0 Å². The molecule has 2 aromatic rings. The van der Waals surface area contributed by atoms with Gasteiger partial charge in [-0.05, 0) is 37.0 Å². The van der Waals surface area contributed by atoms with E-state index in [0.717, 1.165) is 19.4 Å². The van der Waals surface area contributed by atoms with Gasteiger partial charge in [0.05, 0.1) is 21.8 Å². The predicted octanol–water partition coefficient (Wildman–Crippen LogP) is 2.95. The molecule has 1 aliphatic rings. The molecule has 3 amide bonds. The van der Waals surface area contributed by atoms with Crippen LogP contribution in [0.1, 0.15) is 40.5 Å². The van der Waals surface area contributed by atoms with Crippen molar-refractivity contribution < 1.29 is 14.4 Å². The van der Waals surface area contributed by atoms with Crippen molar-refractivity contribution >= 4 is 46.5 Å². The van der Waals surface area contributed by atoms with E-state index in [1.54, 1.807) is 45.3 Å². The Hall–Kier alpha value is -3.33. The second kappa shape index (κ2) is 10.5. The number of pyridine rings is 1. The molecule has 0 aliphatic carbocycles. The van der Waals surface area contributed by atoms with Crippen molar-refractivity contribution in [3.8, 4) is 0 Å². The molecule has 0 radical (unpaired) electrons. The number of carbonyl (C=O) groups excluding carboxylic acids is 3. The molecule has 1 saturated heterocycles. The molecule has 1 aliphatic heterocycles. The molecule has 0 unspecified atom stereocenters. The van der Waals surface area contributed by atoms with Crippen LogP contribution < -0.4 is 16.4 Å². The van der Waals surface area contributed by atoms with Crippen LogP contribution in [0.5, 0.6) is 0 Å². The van der Waals surface area contributed by atoms with E-state index >= 15 is 0 Å². The summed E-state index contributed by atoms with van der Waals surface area (Å²) in [5.41, 5.74) is 7.42. The highest BCUT2D eigenvalue weighted by atomic mass is 35.5. The van der Waals surface area contributed by atoms with Crippen LogP contribution in [0.15, 0.2) is 30.5 Å². The highest BCUT2D eigenvalue weighted by molar-refractivity contribution is 6.34. The number of hydrogen-bond donors (Lipinski definition) is 3. The SMILES string of the molecule is CC(=O)N1CCC[C@H](CNc2cc(Nc3ccc(C(=O)N(C)C)c(Cl)c3)ncc2C(N)=O)C1. The Balaban J connectivity index is 1.75. The Morgan fingerprint density at radius 2 is 2.00 bits per heavy atom. The lowest BCUT2D eigenvalue weighted by molar-refractivity contribution is -0.130. The number of amides is 3. The maximum absolute atomic E-state index is 12.2. The molecule has 9 nitrogen and oxygen atoms in total. The highest BCUT2D eigenvalue weighted by Gasteiger charge is 2.22. The van der Waals surface area contributed by atoms with Crippen LogP contribution in [0.3, 0.4) is 0 Å². The zero-order valence-electron chi connectivity index (χ0n) is 19.0. The van der Waals surface area contributed by atoms with Gasteiger partial charge in [0, 0.05) is 58.6 Å². The van der Waals surface area contributed by atoms with Crippen molar-refractivity contribution in [2.75, 3.05) is 44.4 Å². The van der Waals surface area contributed by atoms with Crippen LogP contribution in [0.25, 0.3) is 0 Å². The summed E-state index contributed by atoms with van der Waals surface area (Å²) in [4.78, 5) is 43.4. The van der Waals surface area contributed by atoms with Crippen LogP contribution in [0.4, 0.5) is 17.2 Å². The number of nitrogens with one attached hydrogen (secondary N) is 2. The second-order valence-electron chi connectivity index (χ2n) is 8.35. The van der Waals surface area contributed by atoms with Gasteiger partial charge >= 0.3 is 0 Å². The van der Waals surface area contributed by atoms with E-state index < -0.39 is 5.91 Å². The molecule has 1 atom stereocenters. The minimum Gasteiger partial charge on any atom is -0.384 e. The number of nitrogens with two attached hydrogens (primary N) is 1. The molecule has 0 bridgehead atoms. The summed E-state index contributed by atoms with van der Waals surface area (Å²) in [7, 11) is 3.32. The van der Waals surface area contributed by atoms with E-state index in [1.807, 2.05) is 4.90 Å². The van der Waals surface area contributed by atoms with E-state index in [0.29, 0.717) is 40.9 Å². The van der Waals surface area contributed by atoms with Gasteiger partial charge in [-0.2, -0.15) is 0 Å². The molecule has 176 valence electrons. The van der Waals surface area contributed by atoms with Crippen LogP contribution in [-0.4, -0.2) is 66.2 Å². The first-order valence-electron chi connectivity index (χ1n) is 10.7. The monoisotopic (exact) mass is 472 g/mol. The van der Waals surface area contributed by atoms with Crippen LogP contribution in [0, 0.1) is 5.92 Å². The van der Waals surface area contributed by atoms with Crippen molar-refractivity contribution in [1.82, 2.24) is 14.8 Å². The summed E-state index contributed by atoms with van der Waals surface area (Å²) < 4.78 is 0. The lowest BCUT2D eigenvalue weighted by Gasteiger charge is -2.32. The maximum atomic E-state index is 12.2. The number of aromatic nitrogens is 1. The lowest BCUT2D eigenvalue weighted by atomic mass is 9.97. The average Bonchev–Trinajstić information content (AvgIpc) is 2.77. The molecule has 33 heavy (non-hydrogen) atoms. The number of halogens is 1. The Morgan fingerprint density at radius 3 is 2.64 bits per heavy atom. The van der Waals surface area contributed by atoms with Gasteiger partial charge in [-0.15, -0.1) is 0 Å². The smallest absolute Gasteiger partial charge is 0.254 e. The Bertz CT molecular complexity index is 1060. The van der Waals surface area contributed by atoms with Crippen LogP contribution >= 0.6 is 11.6 Å². The van der Waals surface area contributed by atoms with E-state index in [-0.39, 0.29) is 23.3 Å². The van der Waals surface area contributed by atoms with Crippen molar-refractivity contribution in [2.24, 2.45) is 11.7 Å². The summed E-state index contributed by atoms with van der Waals surface area (Å²) in [6.45, 7) is 3.64. The first kappa shape index (κ1) is 24.3. The van der Waals surface area contributed by atoms with Gasteiger partial charge in [0.15, 0.2) is 0 Å². The number of rotatable bonds is 7. The first-order valence-corrected chi connectivity index (χ1v) is 11.1. The number of hydrogen-bond acceptors (Lipinski definition) is 6. The minimum atomic E-state index is -0.583. The summed E-state index contributed by atoms with van der Waals surface area (Å²) in [6.07, 6.45) is 3.36. The number of primary amides is 1. The molecular formula is C23H29ClN6O3. The van der Waals surface area contributed by atoms with Gasteiger partial charge < -0.3 is 26.2 Å². The molecule has 1 aromatic carbocycles. The van der Waals surface area contributed by atoms with E-state index in [9.17, 15) is 14.4 Å². The summed E-state index contributed by atoms with van der Waals surface area (Å²) in [5, 5.41) is 6.76. The van der Waals surface area contributed by atoms with Gasteiger partial charge in [-0.25, -0.2) is 4.98 Å². The number of anilines is 3. The Labute approximate surface area is 198 Å². The third kappa shape index (κ3) is 6.13. The van der Waals surface area contributed by atoms with Gasteiger partial charge in [-0.1, -0.05) is 11.6 Å². The Morgan fingerprint density at radius 1 is 1.24 bits per heavy atom. The van der Waals surface area contributed by atoms with Gasteiger partial charge in [0.1, 0.15) is 5.82 Å². The minimum absolute atomic E-state index is 0.0740. The number of benzene rings is 1. The highest BCUT2D eigenvalue weighted by Crippen LogP contribution is 2.26. The zero-order valence-corrected chi connectivity index (χ0v) is 19.8. The predicted molar refractivity (Wildman–Crippen MR) is 129 cm³/mol. The zero-order chi connectivity index (χ0) is 24.1. The molecule has 1 fully saturated rings. The largest absolute Gasteiger partial charge is 0.384 e. The third-order valence-corrected chi connectivity index (χ3v) is 5.91. The average molecular weight is 473 g/mol. The summed E-state index contributed by atoms with van der Waals surface area (Å²) in [5.74, 6) is 0.0610. The van der Waals surface area contributed by atoms with Crippen LogP contribution in [-0.2, 0) is 4.79 Å². The summed E-state index contributed by atoms with van der Waals surface area (Å²) in [6, 6.07) is 6.73. The fourth-order valence-corrected chi connectivity index (χ4v) is 4.05. The van der Waals surface area contributed by atoms with E-state index in [1.165, 1.54) is 11.1 Å². The number of nitrogens with zero attached hydrogens (tertiary/aromatic N) is 3. The van der Waals surface area contributed by atoms with Crippen molar-refractivity contribution in [2.45, 2.75) is 19.8 Å². The molecule has 1 aromatic heterocycles. The fraction of sp³-hybridized carbons (Fsp3) is 0.391. The van der Waals surface area contributed by atoms with Crippen LogP contribution in [0.2, 0.25) is 5.02 Å². The van der Waals surface area contributed by atoms with Gasteiger partial charge in [0.2, 0.25) is 5.91 Å². The first-order chi connectivity index (χ1) is 15.7. The number of likely N-dealkylation sites (tertiary alicyclic amines) is 1. The number of carbonyl (C=O) groups is 3. The van der Waals surface area contributed by atoms with Crippen molar-refractivity contribution in [1.29, 1.82) is 0 Å². The molecule has 4 N–H and O–H groups in total. The molecule has 0 saturated carbocycles. The fourth-order valence-electron chi connectivity index (χ4n) is 3.79. The molecule has 3 rings (SSSR count). The molecule has 0 spiro atoms. The van der Waals surface area contributed by atoms with E-state index in [2.05, 4.69) is 15.6 Å².